The Hall–Kier alpha value is -1.88. The van der Waals surface area contributed by atoms with Gasteiger partial charge in [-0.05, 0) is 25.0 Å². The fourth-order valence-electron chi connectivity index (χ4n) is 1.52. The van der Waals surface area contributed by atoms with Crippen molar-refractivity contribution >= 4 is 5.91 Å². The molecule has 1 aliphatic carbocycles. The van der Waals surface area contributed by atoms with E-state index in [0.29, 0.717) is 18.3 Å². The average molecular weight is 261 g/mol. The minimum Gasteiger partial charge on any atom is -0.482 e. The van der Waals surface area contributed by atoms with Crippen molar-refractivity contribution in [3.63, 3.8) is 0 Å². The number of nitrogens with zero attached hydrogens (tertiary/aromatic N) is 1. The summed E-state index contributed by atoms with van der Waals surface area (Å²) >= 11 is 0. The molecule has 0 aliphatic heterocycles. The SMILES string of the molecule is C=CCNC(=O)COc1ccc(CNC2CC2)nc1. The highest BCUT2D eigenvalue weighted by atomic mass is 16.5. The number of hydrogen-bond donors (Lipinski definition) is 2. The quantitative estimate of drug-likeness (QED) is 0.686. The second-order valence-electron chi connectivity index (χ2n) is 4.52. The van der Waals surface area contributed by atoms with Gasteiger partial charge < -0.3 is 15.4 Å². The van der Waals surface area contributed by atoms with Crippen molar-refractivity contribution < 1.29 is 9.53 Å². The van der Waals surface area contributed by atoms with Crippen LogP contribution in [0.2, 0.25) is 0 Å². The van der Waals surface area contributed by atoms with E-state index in [-0.39, 0.29) is 12.5 Å². The van der Waals surface area contributed by atoms with Crippen LogP contribution >= 0.6 is 0 Å². The second-order valence-corrected chi connectivity index (χ2v) is 4.52. The third-order valence-electron chi connectivity index (χ3n) is 2.76. The van der Waals surface area contributed by atoms with E-state index < -0.39 is 0 Å². The largest absolute Gasteiger partial charge is 0.482 e. The van der Waals surface area contributed by atoms with Crippen molar-refractivity contribution in [1.82, 2.24) is 15.6 Å². The Labute approximate surface area is 113 Å². The molecule has 2 N–H and O–H groups in total. The Kier molecular flexibility index (Phi) is 4.92. The number of amides is 1. The molecule has 5 heteroatoms. The predicted octanol–water partition coefficient (Wildman–Crippen LogP) is 1.01. The molecule has 1 aliphatic rings. The zero-order chi connectivity index (χ0) is 13.5. The molecule has 1 amide bonds. The van der Waals surface area contributed by atoms with Crippen molar-refractivity contribution in [2.24, 2.45) is 0 Å². The molecule has 1 fully saturated rings. The fourth-order valence-corrected chi connectivity index (χ4v) is 1.52. The summed E-state index contributed by atoms with van der Waals surface area (Å²) < 4.78 is 5.33. The first kappa shape index (κ1) is 13.5. The van der Waals surface area contributed by atoms with Gasteiger partial charge >= 0.3 is 0 Å². The van der Waals surface area contributed by atoms with Gasteiger partial charge in [0.2, 0.25) is 0 Å². The Morgan fingerprint density at radius 1 is 1.53 bits per heavy atom. The number of carbonyl (C=O) groups excluding carboxylic acids is 1. The lowest BCUT2D eigenvalue weighted by Gasteiger charge is -2.07. The van der Waals surface area contributed by atoms with Gasteiger partial charge in [0.1, 0.15) is 5.75 Å². The lowest BCUT2D eigenvalue weighted by molar-refractivity contribution is -0.122. The van der Waals surface area contributed by atoms with Crippen molar-refractivity contribution in [2.45, 2.75) is 25.4 Å². The fraction of sp³-hybridized carbons (Fsp3) is 0.429. The summed E-state index contributed by atoms with van der Waals surface area (Å²) in [6.07, 6.45) is 5.80. The summed E-state index contributed by atoms with van der Waals surface area (Å²) in [5, 5.41) is 6.03. The van der Waals surface area contributed by atoms with E-state index in [1.807, 2.05) is 12.1 Å². The van der Waals surface area contributed by atoms with Crippen LogP contribution in [0.15, 0.2) is 31.0 Å². The molecule has 0 bridgehead atoms. The number of hydrogen-bond acceptors (Lipinski definition) is 4. The Bertz CT molecular complexity index is 427. The van der Waals surface area contributed by atoms with E-state index in [9.17, 15) is 4.79 Å². The third-order valence-corrected chi connectivity index (χ3v) is 2.76. The van der Waals surface area contributed by atoms with Crippen LogP contribution in [0.4, 0.5) is 0 Å². The van der Waals surface area contributed by atoms with Crippen LogP contribution in [0.25, 0.3) is 0 Å². The van der Waals surface area contributed by atoms with Crippen molar-refractivity contribution in [1.29, 1.82) is 0 Å². The molecule has 0 unspecified atom stereocenters. The molecule has 0 spiro atoms. The number of pyridine rings is 1. The van der Waals surface area contributed by atoms with Crippen LogP contribution in [-0.4, -0.2) is 30.1 Å². The summed E-state index contributed by atoms with van der Waals surface area (Å²) in [4.78, 5) is 15.6. The zero-order valence-corrected chi connectivity index (χ0v) is 10.9. The van der Waals surface area contributed by atoms with Gasteiger partial charge in [-0.1, -0.05) is 6.08 Å². The topological polar surface area (TPSA) is 63.2 Å². The summed E-state index contributed by atoms with van der Waals surface area (Å²) in [6, 6.07) is 4.41. The first-order valence-electron chi connectivity index (χ1n) is 6.46. The Morgan fingerprint density at radius 2 is 2.37 bits per heavy atom. The maximum Gasteiger partial charge on any atom is 0.258 e. The standard InChI is InChI=1S/C14H19N3O2/c1-2-7-15-14(18)10-19-13-6-5-12(17-9-13)8-16-11-3-4-11/h2,5-6,9,11,16H,1,3-4,7-8,10H2,(H,15,18). The first-order valence-corrected chi connectivity index (χ1v) is 6.46. The normalized spacial score (nSPS) is 13.9. The highest BCUT2D eigenvalue weighted by Crippen LogP contribution is 2.19. The van der Waals surface area contributed by atoms with Crippen molar-refractivity contribution in [3.05, 3.63) is 36.7 Å². The molecule has 0 aromatic carbocycles. The summed E-state index contributed by atoms with van der Waals surface area (Å²) in [6.45, 7) is 4.75. The predicted molar refractivity (Wildman–Crippen MR) is 72.8 cm³/mol. The highest BCUT2D eigenvalue weighted by molar-refractivity contribution is 5.77. The molecule has 19 heavy (non-hydrogen) atoms. The number of rotatable bonds is 8. The van der Waals surface area contributed by atoms with Crippen LogP contribution in [0, 0.1) is 0 Å². The van der Waals surface area contributed by atoms with E-state index in [1.165, 1.54) is 12.8 Å². The van der Waals surface area contributed by atoms with Gasteiger partial charge in [-0.25, -0.2) is 0 Å². The van der Waals surface area contributed by atoms with Crippen molar-refractivity contribution in [2.75, 3.05) is 13.2 Å². The molecule has 0 radical (unpaired) electrons. The number of nitrogens with one attached hydrogen (secondary N) is 2. The van der Waals surface area contributed by atoms with E-state index in [2.05, 4.69) is 22.2 Å². The van der Waals surface area contributed by atoms with Gasteiger partial charge in [0.25, 0.3) is 5.91 Å². The molecule has 1 saturated carbocycles. The minimum absolute atomic E-state index is 0.00477. The molecule has 1 heterocycles. The van der Waals surface area contributed by atoms with Crippen LogP contribution in [0.3, 0.4) is 0 Å². The number of ether oxygens (including phenoxy) is 1. The Balaban J connectivity index is 1.71. The van der Waals surface area contributed by atoms with Gasteiger partial charge in [-0.3, -0.25) is 9.78 Å². The van der Waals surface area contributed by atoms with E-state index in [4.69, 9.17) is 4.74 Å². The minimum atomic E-state index is -0.167. The van der Waals surface area contributed by atoms with Gasteiger partial charge in [-0.2, -0.15) is 0 Å². The van der Waals surface area contributed by atoms with Gasteiger partial charge in [-0.15, -0.1) is 6.58 Å². The van der Waals surface area contributed by atoms with Crippen LogP contribution in [-0.2, 0) is 11.3 Å². The van der Waals surface area contributed by atoms with Gasteiger partial charge in [0, 0.05) is 19.1 Å². The molecular formula is C14H19N3O2. The smallest absolute Gasteiger partial charge is 0.258 e. The summed E-state index contributed by atoms with van der Waals surface area (Å²) in [5.74, 6) is 0.434. The lowest BCUT2D eigenvalue weighted by atomic mass is 10.3. The molecule has 5 nitrogen and oxygen atoms in total. The Morgan fingerprint density at radius 3 is 3.00 bits per heavy atom. The van der Waals surface area contributed by atoms with Gasteiger partial charge in [0.05, 0.1) is 11.9 Å². The zero-order valence-electron chi connectivity index (χ0n) is 10.9. The van der Waals surface area contributed by atoms with E-state index >= 15 is 0 Å². The molecular weight excluding hydrogens is 242 g/mol. The number of carbonyl (C=O) groups is 1. The van der Waals surface area contributed by atoms with Crippen LogP contribution < -0.4 is 15.4 Å². The third kappa shape index (κ3) is 5.09. The lowest BCUT2D eigenvalue weighted by Crippen LogP contribution is -2.28. The maximum atomic E-state index is 11.3. The first-order chi connectivity index (χ1) is 9.28. The van der Waals surface area contributed by atoms with E-state index in [0.717, 1.165) is 12.2 Å². The van der Waals surface area contributed by atoms with E-state index in [1.54, 1.807) is 12.3 Å². The number of aromatic nitrogens is 1. The maximum absolute atomic E-state index is 11.3. The summed E-state index contributed by atoms with van der Waals surface area (Å²) in [5.41, 5.74) is 0.982. The molecule has 0 atom stereocenters. The molecule has 102 valence electrons. The summed E-state index contributed by atoms with van der Waals surface area (Å²) in [7, 11) is 0. The second kappa shape index (κ2) is 6.89. The molecule has 2 rings (SSSR count). The van der Waals surface area contributed by atoms with Gasteiger partial charge in [0.15, 0.2) is 6.61 Å². The average Bonchev–Trinajstić information content (AvgIpc) is 3.26. The van der Waals surface area contributed by atoms with Crippen molar-refractivity contribution in [3.8, 4) is 5.75 Å². The molecule has 0 saturated heterocycles. The highest BCUT2D eigenvalue weighted by Gasteiger charge is 2.20. The van der Waals surface area contributed by atoms with Crippen LogP contribution in [0.1, 0.15) is 18.5 Å². The van der Waals surface area contributed by atoms with Crippen LogP contribution in [0.5, 0.6) is 5.75 Å². The molecule has 1 aromatic heterocycles. The monoisotopic (exact) mass is 261 g/mol. The molecule has 1 aromatic rings.